The Labute approximate surface area is 115 Å². The van der Waals surface area contributed by atoms with Gasteiger partial charge in [0.15, 0.2) is 0 Å². The summed E-state index contributed by atoms with van der Waals surface area (Å²) < 4.78 is 0. The Bertz CT molecular complexity index is 349. The Hall–Kier alpha value is -1.26. The van der Waals surface area contributed by atoms with Crippen molar-refractivity contribution in [2.75, 3.05) is 6.54 Å². The average molecular weight is 270 g/mol. The minimum absolute atomic E-state index is 0.172. The van der Waals surface area contributed by atoms with Crippen molar-refractivity contribution in [3.63, 3.8) is 0 Å². The standard InChI is InChI=1S/C14H26N2O3/c1-9-6-7-10(2)16(8-9)13(19)15-11(12(17)18)14(3,4)5/h9-11H,6-8H2,1-5H3,(H,15,19)(H,17,18)/t9?,10?,11-/m1/s1. The molecule has 0 aromatic carbocycles. The van der Waals surface area contributed by atoms with E-state index in [1.807, 2.05) is 27.7 Å². The number of hydrogen-bond acceptors (Lipinski definition) is 2. The Morgan fingerprint density at radius 3 is 2.32 bits per heavy atom. The predicted octanol–water partition coefficient (Wildman–Crippen LogP) is 2.32. The molecule has 0 saturated carbocycles. The molecular weight excluding hydrogens is 244 g/mol. The highest BCUT2D eigenvalue weighted by Crippen LogP contribution is 2.23. The van der Waals surface area contributed by atoms with Gasteiger partial charge in [-0.1, -0.05) is 27.7 Å². The molecule has 3 atom stereocenters. The number of amides is 2. The number of urea groups is 1. The summed E-state index contributed by atoms with van der Waals surface area (Å²) in [4.78, 5) is 25.3. The van der Waals surface area contributed by atoms with Gasteiger partial charge in [0, 0.05) is 12.6 Å². The molecule has 2 amide bonds. The molecule has 1 rings (SSSR count). The van der Waals surface area contributed by atoms with E-state index in [9.17, 15) is 14.7 Å². The van der Waals surface area contributed by atoms with E-state index in [4.69, 9.17) is 0 Å². The molecule has 110 valence electrons. The van der Waals surface area contributed by atoms with Gasteiger partial charge >= 0.3 is 12.0 Å². The monoisotopic (exact) mass is 270 g/mol. The molecule has 0 spiro atoms. The van der Waals surface area contributed by atoms with Gasteiger partial charge in [0.1, 0.15) is 6.04 Å². The number of hydrogen-bond donors (Lipinski definition) is 2. The van der Waals surface area contributed by atoms with Crippen molar-refractivity contribution < 1.29 is 14.7 Å². The van der Waals surface area contributed by atoms with E-state index in [1.54, 1.807) is 4.90 Å². The van der Waals surface area contributed by atoms with E-state index in [-0.39, 0.29) is 12.1 Å². The summed E-state index contributed by atoms with van der Waals surface area (Å²) in [5.74, 6) is -0.515. The lowest BCUT2D eigenvalue weighted by Gasteiger charge is -2.38. The van der Waals surface area contributed by atoms with Crippen molar-refractivity contribution >= 4 is 12.0 Å². The van der Waals surface area contributed by atoms with Gasteiger partial charge in [0.25, 0.3) is 0 Å². The average Bonchev–Trinajstić information content (AvgIpc) is 2.26. The fraction of sp³-hybridized carbons (Fsp3) is 0.857. The van der Waals surface area contributed by atoms with Crippen molar-refractivity contribution in [3.05, 3.63) is 0 Å². The topological polar surface area (TPSA) is 69.6 Å². The summed E-state index contributed by atoms with van der Waals surface area (Å²) in [7, 11) is 0. The zero-order valence-corrected chi connectivity index (χ0v) is 12.6. The van der Waals surface area contributed by atoms with E-state index >= 15 is 0 Å². The predicted molar refractivity (Wildman–Crippen MR) is 74.0 cm³/mol. The maximum Gasteiger partial charge on any atom is 0.326 e. The van der Waals surface area contributed by atoms with Gasteiger partial charge in [0.05, 0.1) is 0 Å². The van der Waals surface area contributed by atoms with Gasteiger partial charge in [-0.2, -0.15) is 0 Å². The van der Waals surface area contributed by atoms with Crippen LogP contribution in [0.4, 0.5) is 4.79 Å². The van der Waals surface area contributed by atoms with Crippen molar-refractivity contribution in [1.29, 1.82) is 0 Å². The van der Waals surface area contributed by atoms with Crippen LogP contribution in [0.3, 0.4) is 0 Å². The van der Waals surface area contributed by atoms with Crippen molar-refractivity contribution in [2.45, 2.75) is 59.5 Å². The quantitative estimate of drug-likeness (QED) is 0.809. The van der Waals surface area contributed by atoms with E-state index < -0.39 is 17.4 Å². The molecule has 0 aromatic rings. The molecule has 1 fully saturated rings. The molecule has 1 heterocycles. The van der Waals surface area contributed by atoms with Crippen LogP contribution in [-0.2, 0) is 4.79 Å². The van der Waals surface area contributed by atoms with Gasteiger partial charge in [-0.3, -0.25) is 0 Å². The largest absolute Gasteiger partial charge is 0.480 e. The Balaban J connectivity index is 2.74. The minimum Gasteiger partial charge on any atom is -0.480 e. The van der Waals surface area contributed by atoms with Crippen LogP contribution >= 0.6 is 0 Å². The second-order valence-electron chi connectivity index (χ2n) is 6.77. The van der Waals surface area contributed by atoms with Gasteiger partial charge in [-0.05, 0) is 31.1 Å². The van der Waals surface area contributed by atoms with Crippen LogP contribution < -0.4 is 5.32 Å². The van der Waals surface area contributed by atoms with E-state index in [2.05, 4.69) is 12.2 Å². The van der Waals surface area contributed by atoms with E-state index in [0.29, 0.717) is 12.5 Å². The second kappa shape index (κ2) is 5.80. The normalized spacial score (nSPS) is 25.8. The number of carboxylic acid groups (broad SMARTS) is 1. The van der Waals surface area contributed by atoms with Crippen molar-refractivity contribution in [3.8, 4) is 0 Å². The van der Waals surface area contributed by atoms with Crippen LogP contribution in [-0.4, -0.2) is 40.6 Å². The van der Waals surface area contributed by atoms with E-state index in [0.717, 1.165) is 12.8 Å². The summed E-state index contributed by atoms with van der Waals surface area (Å²) in [5, 5.41) is 11.9. The zero-order valence-electron chi connectivity index (χ0n) is 12.6. The molecule has 0 aromatic heterocycles. The van der Waals surface area contributed by atoms with Crippen LogP contribution in [0.2, 0.25) is 0 Å². The Kier molecular flexibility index (Phi) is 4.82. The highest BCUT2D eigenvalue weighted by molar-refractivity contribution is 5.83. The molecule has 1 aliphatic heterocycles. The number of likely N-dealkylation sites (tertiary alicyclic amines) is 1. The van der Waals surface area contributed by atoms with Crippen LogP contribution in [0, 0.1) is 11.3 Å². The Morgan fingerprint density at radius 2 is 1.84 bits per heavy atom. The number of carbonyl (C=O) groups excluding carboxylic acids is 1. The minimum atomic E-state index is -0.987. The fourth-order valence-electron chi connectivity index (χ4n) is 2.43. The van der Waals surface area contributed by atoms with Crippen LogP contribution in [0.5, 0.6) is 0 Å². The molecule has 0 bridgehead atoms. The molecule has 2 unspecified atom stereocenters. The van der Waals surface area contributed by atoms with Crippen molar-refractivity contribution in [2.24, 2.45) is 11.3 Å². The maximum absolute atomic E-state index is 12.3. The first-order chi connectivity index (χ1) is 8.62. The molecule has 1 saturated heterocycles. The molecule has 19 heavy (non-hydrogen) atoms. The first kappa shape index (κ1) is 15.8. The van der Waals surface area contributed by atoms with E-state index in [1.165, 1.54) is 0 Å². The molecule has 5 heteroatoms. The third-order valence-corrected chi connectivity index (χ3v) is 3.76. The summed E-state index contributed by atoms with van der Waals surface area (Å²) in [6.45, 7) is 10.3. The smallest absolute Gasteiger partial charge is 0.326 e. The number of nitrogens with one attached hydrogen (secondary N) is 1. The van der Waals surface area contributed by atoms with Crippen LogP contribution in [0.25, 0.3) is 0 Å². The number of aliphatic carboxylic acids is 1. The Morgan fingerprint density at radius 1 is 1.26 bits per heavy atom. The molecule has 2 N–H and O–H groups in total. The third kappa shape index (κ3) is 4.11. The lowest BCUT2D eigenvalue weighted by atomic mass is 9.87. The van der Waals surface area contributed by atoms with Gasteiger partial charge < -0.3 is 15.3 Å². The SMILES string of the molecule is CC1CCC(C)N(C(=O)N[C@H](C(=O)O)C(C)(C)C)C1. The number of nitrogens with zero attached hydrogens (tertiary/aromatic N) is 1. The molecule has 1 aliphatic rings. The van der Waals surface area contributed by atoms with Gasteiger partial charge in [-0.15, -0.1) is 0 Å². The highest BCUT2D eigenvalue weighted by Gasteiger charge is 2.35. The lowest BCUT2D eigenvalue weighted by Crippen LogP contribution is -2.56. The number of rotatable bonds is 2. The number of carboxylic acids is 1. The van der Waals surface area contributed by atoms with Crippen LogP contribution in [0.1, 0.15) is 47.5 Å². The van der Waals surface area contributed by atoms with Gasteiger partial charge in [-0.25, -0.2) is 9.59 Å². The second-order valence-corrected chi connectivity index (χ2v) is 6.77. The molecule has 0 aliphatic carbocycles. The molecule has 5 nitrogen and oxygen atoms in total. The zero-order chi connectivity index (χ0) is 14.8. The summed E-state index contributed by atoms with van der Waals surface area (Å²) in [6, 6.07) is -0.962. The van der Waals surface area contributed by atoms with Gasteiger partial charge in [0.2, 0.25) is 0 Å². The summed E-state index contributed by atoms with van der Waals surface area (Å²) in [5.41, 5.74) is -0.508. The molecule has 0 radical (unpaired) electrons. The summed E-state index contributed by atoms with van der Waals surface area (Å²) >= 11 is 0. The third-order valence-electron chi connectivity index (χ3n) is 3.76. The maximum atomic E-state index is 12.3. The fourth-order valence-corrected chi connectivity index (χ4v) is 2.43. The molecular formula is C14H26N2O3. The first-order valence-electron chi connectivity index (χ1n) is 6.93. The first-order valence-corrected chi connectivity index (χ1v) is 6.93. The highest BCUT2D eigenvalue weighted by atomic mass is 16.4. The van der Waals surface area contributed by atoms with Crippen LogP contribution in [0.15, 0.2) is 0 Å². The lowest BCUT2D eigenvalue weighted by molar-refractivity contribution is -0.142. The number of piperidine rings is 1. The number of carbonyl (C=O) groups is 2. The van der Waals surface area contributed by atoms with Crippen molar-refractivity contribution in [1.82, 2.24) is 10.2 Å². The summed E-state index contributed by atoms with van der Waals surface area (Å²) in [6.07, 6.45) is 2.09.